The first-order valence-corrected chi connectivity index (χ1v) is 26.6. The molecular weight excluding hydrogens is 824 g/mol. The zero-order valence-corrected chi connectivity index (χ0v) is 39.6. The minimum Gasteiger partial charge on any atom is -0.299 e. The zero-order valence-electron chi connectivity index (χ0n) is 37.9. The van der Waals surface area contributed by atoms with Crippen molar-refractivity contribution in [3.8, 4) is 0 Å². The Hall–Kier alpha value is -4.00. The summed E-state index contributed by atoms with van der Waals surface area (Å²) < 4.78 is 30.0. The highest BCUT2D eigenvalue weighted by Crippen LogP contribution is 2.42. The number of halogens is 1. The average Bonchev–Trinajstić information content (AvgIpc) is 3.60. The molecule has 2 saturated carbocycles. The fraction of sp³-hybridized carbons (Fsp3) is 0.448. The molecule has 2 saturated heterocycles. The predicted octanol–water partition coefficient (Wildman–Crippen LogP) is 13.7. The van der Waals surface area contributed by atoms with Crippen molar-refractivity contribution in [1.82, 2.24) is 9.80 Å². The van der Waals surface area contributed by atoms with E-state index in [9.17, 15) is 8.42 Å². The van der Waals surface area contributed by atoms with Crippen molar-refractivity contribution in [2.24, 2.45) is 11.8 Å². The third-order valence-corrected chi connectivity index (χ3v) is 17.7. The highest BCUT2D eigenvalue weighted by Gasteiger charge is 2.36. The Balaban J connectivity index is 0.00000518. The standard InChI is InChI=1S/C58H68N2O2S.ClH/c61-63(62,41-51(39-43-15-3-1-4-16-43)59-35-31-49(32-36-59)57-53-23-11-7-19-45(53)27-28-46-20-8-12-24-54(46)57)42-52(40-44-17-5-2-6-18-44)60-37-33-50(34-38-60)58-55-25-13-9-21-47(55)29-30-48-22-10-14-26-56(48)58;/h7-14,19-30,43-44,51-52H,1-6,15-18,31-42H2;1H. The van der Waals surface area contributed by atoms with Crippen molar-refractivity contribution in [2.75, 3.05) is 37.7 Å². The zero-order chi connectivity index (χ0) is 42.6. The largest absolute Gasteiger partial charge is 0.299 e. The van der Waals surface area contributed by atoms with Crippen LogP contribution in [0.5, 0.6) is 0 Å². The molecule has 0 N–H and O–H groups in total. The smallest absolute Gasteiger partial charge is 0.153 e. The van der Waals surface area contributed by atoms with Gasteiger partial charge < -0.3 is 0 Å². The Morgan fingerprint density at radius 3 is 1.05 bits per heavy atom. The number of fused-ring (bicyclic) bond motifs is 4. The third kappa shape index (κ3) is 10.2. The molecule has 2 aliphatic heterocycles. The summed E-state index contributed by atoms with van der Waals surface area (Å²) in [4.78, 5) is 5.24. The average molecular weight is 894 g/mol. The predicted molar refractivity (Wildman–Crippen MR) is 273 cm³/mol. The first-order chi connectivity index (χ1) is 31.0. The van der Waals surface area contributed by atoms with Crippen LogP contribution < -0.4 is 0 Å². The number of likely N-dealkylation sites (tertiary alicyclic amines) is 2. The van der Waals surface area contributed by atoms with Gasteiger partial charge in [0.25, 0.3) is 0 Å². The number of hydrogen-bond acceptors (Lipinski definition) is 4. The Morgan fingerprint density at radius 1 is 0.438 bits per heavy atom. The molecule has 0 spiro atoms. The number of nitrogens with zero attached hydrogens (tertiary/aromatic N) is 2. The van der Waals surface area contributed by atoms with E-state index in [1.807, 2.05) is 0 Å². The van der Waals surface area contributed by atoms with Gasteiger partial charge in [0.1, 0.15) is 0 Å². The van der Waals surface area contributed by atoms with Gasteiger partial charge in [-0.15, -0.1) is 12.4 Å². The van der Waals surface area contributed by atoms with Gasteiger partial charge in [0.2, 0.25) is 0 Å². The number of rotatable bonds is 10. The van der Waals surface area contributed by atoms with Gasteiger partial charge in [-0.05, 0) is 106 Å². The fourth-order valence-corrected chi connectivity index (χ4v) is 14.6. The molecule has 336 valence electrons. The van der Waals surface area contributed by atoms with Crippen LogP contribution in [0.4, 0.5) is 0 Å². The van der Waals surface area contributed by atoms with Crippen LogP contribution in [0.2, 0.25) is 0 Å². The monoisotopic (exact) mass is 892 g/mol. The second-order valence-corrected chi connectivity index (χ2v) is 22.1. The maximum atomic E-state index is 15.0. The molecule has 4 aromatic rings. The van der Waals surface area contributed by atoms with Crippen LogP contribution in [0, 0.1) is 11.8 Å². The maximum absolute atomic E-state index is 15.0. The summed E-state index contributed by atoms with van der Waals surface area (Å²) >= 11 is 0. The van der Waals surface area contributed by atoms with E-state index >= 15 is 0 Å². The summed E-state index contributed by atoms with van der Waals surface area (Å²) in [5.74, 6) is 1.86. The van der Waals surface area contributed by atoms with Gasteiger partial charge in [-0.2, -0.15) is 0 Å². The van der Waals surface area contributed by atoms with Crippen LogP contribution in [0.3, 0.4) is 0 Å². The van der Waals surface area contributed by atoms with Crippen LogP contribution in [0.25, 0.3) is 35.5 Å². The second kappa shape index (κ2) is 20.7. The molecule has 0 radical (unpaired) electrons. The maximum Gasteiger partial charge on any atom is 0.153 e. The van der Waals surface area contributed by atoms with Gasteiger partial charge in [-0.3, -0.25) is 9.80 Å². The molecule has 0 aromatic heterocycles. The fourth-order valence-electron chi connectivity index (χ4n) is 12.6. The van der Waals surface area contributed by atoms with Crippen molar-refractivity contribution in [3.63, 3.8) is 0 Å². The summed E-state index contributed by atoms with van der Waals surface area (Å²) in [5, 5.41) is 0. The van der Waals surface area contributed by atoms with E-state index in [4.69, 9.17) is 0 Å². The molecule has 0 amide bonds. The first-order valence-electron chi connectivity index (χ1n) is 24.8. The van der Waals surface area contributed by atoms with E-state index < -0.39 is 9.84 Å². The molecule has 2 unspecified atom stereocenters. The van der Waals surface area contributed by atoms with E-state index in [1.165, 1.54) is 131 Å². The SMILES string of the molecule is Cl.O=S(=O)(CC(CC1CCCCC1)N1CCC(=C2c3ccccc3C=Cc3ccccc32)CC1)CC(CC1CCCCC1)N1CCC(=C2c3ccccc3C=Cc3ccccc32)CC1. The third-order valence-electron chi connectivity index (χ3n) is 15.9. The number of benzene rings is 4. The lowest BCUT2D eigenvalue weighted by Gasteiger charge is -2.40. The molecule has 10 rings (SSSR count). The van der Waals surface area contributed by atoms with Gasteiger partial charge in [-0.1, -0.05) is 197 Å². The minimum absolute atomic E-state index is 0. The van der Waals surface area contributed by atoms with E-state index in [0.717, 1.165) is 64.7 Å². The Morgan fingerprint density at radius 2 is 0.734 bits per heavy atom. The van der Waals surface area contributed by atoms with Gasteiger partial charge in [-0.25, -0.2) is 8.42 Å². The van der Waals surface area contributed by atoms with Crippen molar-refractivity contribution in [1.29, 1.82) is 0 Å². The van der Waals surface area contributed by atoms with E-state index in [0.29, 0.717) is 23.3 Å². The van der Waals surface area contributed by atoms with E-state index in [-0.39, 0.29) is 24.5 Å². The first kappa shape index (κ1) is 45.2. The molecule has 6 heteroatoms. The minimum atomic E-state index is -3.34. The highest BCUT2D eigenvalue weighted by molar-refractivity contribution is 7.91. The lowest BCUT2D eigenvalue weighted by atomic mass is 9.83. The quantitative estimate of drug-likeness (QED) is 0.137. The second-order valence-electron chi connectivity index (χ2n) is 19.9. The van der Waals surface area contributed by atoms with Crippen LogP contribution in [0.15, 0.2) is 108 Å². The van der Waals surface area contributed by atoms with Gasteiger partial charge in [0.15, 0.2) is 9.84 Å². The van der Waals surface area contributed by atoms with Crippen molar-refractivity contribution >= 4 is 57.7 Å². The van der Waals surface area contributed by atoms with E-state index in [2.05, 4.69) is 131 Å². The number of sulfone groups is 1. The van der Waals surface area contributed by atoms with Crippen LogP contribution in [-0.2, 0) is 9.84 Å². The van der Waals surface area contributed by atoms with Crippen LogP contribution >= 0.6 is 12.4 Å². The molecule has 4 fully saturated rings. The number of hydrogen-bond donors (Lipinski definition) is 0. The summed E-state index contributed by atoms with van der Waals surface area (Å²) in [7, 11) is -3.34. The molecule has 2 atom stereocenters. The molecule has 4 aromatic carbocycles. The lowest BCUT2D eigenvalue weighted by Crippen LogP contribution is -2.48. The Bertz CT molecular complexity index is 2210. The topological polar surface area (TPSA) is 40.6 Å². The highest BCUT2D eigenvalue weighted by atomic mass is 35.5. The molecule has 6 aliphatic rings. The summed E-state index contributed by atoms with van der Waals surface area (Å²) in [6.07, 6.45) is 27.9. The summed E-state index contributed by atoms with van der Waals surface area (Å²) in [6.45, 7) is 3.72. The van der Waals surface area contributed by atoms with Crippen molar-refractivity contribution < 1.29 is 8.42 Å². The molecule has 4 aliphatic carbocycles. The molecule has 2 heterocycles. The van der Waals surface area contributed by atoms with Crippen LogP contribution in [-0.4, -0.2) is 68.0 Å². The Labute approximate surface area is 391 Å². The number of piperidine rings is 2. The van der Waals surface area contributed by atoms with Crippen LogP contribution in [0.1, 0.15) is 147 Å². The molecule has 4 nitrogen and oxygen atoms in total. The van der Waals surface area contributed by atoms with E-state index in [1.54, 1.807) is 0 Å². The lowest BCUT2D eigenvalue weighted by molar-refractivity contribution is 0.154. The molecule has 0 bridgehead atoms. The van der Waals surface area contributed by atoms with Gasteiger partial charge in [0.05, 0.1) is 11.5 Å². The molecule has 64 heavy (non-hydrogen) atoms. The summed E-state index contributed by atoms with van der Waals surface area (Å²) in [5.41, 5.74) is 16.3. The normalized spacial score (nSPS) is 20.9. The summed E-state index contributed by atoms with van der Waals surface area (Å²) in [6, 6.07) is 35.6. The van der Waals surface area contributed by atoms with Crippen molar-refractivity contribution in [2.45, 2.75) is 115 Å². The molecular formula is C58H69ClN2O2S. The van der Waals surface area contributed by atoms with Gasteiger partial charge >= 0.3 is 0 Å². The van der Waals surface area contributed by atoms with Crippen molar-refractivity contribution in [3.05, 3.63) is 153 Å². The Kier molecular flexibility index (Phi) is 14.6. The van der Waals surface area contributed by atoms with Gasteiger partial charge in [0, 0.05) is 38.3 Å².